The Balaban J connectivity index is 2.78. The number of rotatable bonds is 11. The molecule has 0 fully saturated rings. The summed E-state index contributed by atoms with van der Waals surface area (Å²) in [5.41, 5.74) is -0.754. The number of benzene rings is 2. The molecule has 12 nitrogen and oxygen atoms in total. The van der Waals surface area contributed by atoms with E-state index in [1.165, 1.54) is 24.3 Å². The molecule has 0 atom stereocenters. The predicted octanol–water partition coefficient (Wildman–Crippen LogP) is 1.12. The molecule has 0 aromatic heterocycles. The van der Waals surface area contributed by atoms with Gasteiger partial charge in [0.15, 0.2) is 19.7 Å². The van der Waals surface area contributed by atoms with Crippen LogP contribution in [0.3, 0.4) is 0 Å². The van der Waals surface area contributed by atoms with Gasteiger partial charge in [-0.15, -0.1) is 0 Å². The number of anilines is 1. The first-order valence-corrected chi connectivity index (χ1v) is 14.3. The number of aliphatic hydroxyl groups excluding tert-OH is 1. The van der Waals surface area contributed by atoms with Gasteiger partial charge in [0, 0.05) is 18.2 Å². The molecule has 0 amide bonds. The van der Waals surface area contributed by atoms with Crippen molar-refractivity contribution in [3.8, 4) is 11.1 Å². The van der Waals surface area contributed by atoms with Crippen molar-refractivity contribution in [3.05, 3.63) is 46.5 Å². The summed E-state index contributed by atoms with van der Waals surface area (Å²) in [5.74, 6) is -2.67. The van der Waals surface area contributed by atoms with Crippen LogP contribution in [0.5, 0.6) is 0 Å². The minimum atomic E-state index is -4.64. The summed E-state index contributed by atoms with van der Waals surface area (Å²) in [5, 5.41) is 23.1. The lowest BCUT2D eigenvalue weighted by molar-refractivity contribution is -0.384. The zero-order valence-electron chi connectivity index (χ0n) is 17.3. The first-order valence-electron chi connectivity index (χ1n) is 9.40. The van der Waals surface area contributed by atoms with E-state index in [0.29, 0.717) is 0 Å². The summed E-state index contributed by atoms with van der Waals surface area (Å²) < 4.78 is 81.7. The highest BCUT2D eigenvalue weighted by atomic mass is 32.2. The molecule has 0 spiro atoms. The minimum absolute atomic E-state index is 0.0296. The normalized spacial score (nSPS) is 12.5. The van der Waals surface area contributed by atoms with Crippen LogP contribution in [0, 0.1) is 10.1 Å². The standard InChI is InChI=1S/C18H22N2O10S3/c1-2-19-17-16(20(22)23)8-7-15(18(17)32(26,27)11-12-33(28,29)30)13-3-5-14(6-4-13)31(24,25)10-9-21/h3-8,19,21H,2,9-12H2,1H3,(H,28,29,30). The number of aliphatic hydroxyl groups is 1. The fraction of sp³-hybridized carbons (Fsp3) is 0.333. The number of hydrogen-bond acceptors (Lipinski definition) is 10. The van der Waals surface area contributed by atoms with Gasteiger partial charge in [0.1, 0.15) is 10.6 Å². The fourth-order valence-electron chi connectivity index (χ4n) is 3.02. The van der Waals surface area contributed by atoms with Gasteiger partial charge in [0.25, 0.3) is 15.8 Å². The maximum absolute atomic E-state index is 13.1. The van der Waals surface area contributed by atoms with Gasteiger partial charge in [-0.05, 0) is 30.7 Å². The number of nitro groups is 1. The van der Waals surface area contributed by atoms with Gasteiger partial charge in [-0.1, -0.05) is 12.1 Å². The third kappa shape index (κ3) is 6.48. The monoisotopic (exact) mass is 522 g/mol. The van der Waals surface area contributed by atoms with Crippen LogP contribution in [-0.2, 0) is 29.8 Å². The van der Waals surface area contributed by atoms with Crippen molar-refractivity contribution < 1.29 is 39.8 Å². The molecule has 2 aromatic carbocycles. The van der Waals surface area contributed by atoms with Crippen molar-refractivity contribution in [2.45, 2.75) is 16.7 Å². The average molecular weight is 523 g/mol. The Kier molecular flexibility index (Phi) is 8.18. The van der Waals surface area contributed by atoms with Gasteiger partial charge in [-0.25, -0.2) is 16.8 Å². The van der Waals surface area contributed by atoms with Gasteiger partial charge in [0.05, 0.1) is 33.7 Å². The molecule has 33 heavy (non-hydrogen) atoms. The third-order valence-corrected chi connectivity index (χ3v) is 8.97. The van der Waals surface area contributed by atoms with Gasteiger partial charge < -0.3 is 10.4 Å². The number of nitrogens with one attached hydrogen (secondary N) is 1. The first kappa shape index (κ1) is 26.7. The van der Waals surface area contributed by atoms with E-state index in [4.69, 9.17) is 9.66 Å². The van der Waals surface area contributed by atoms with Crippen LogP contribution in [0.25, 0.3) is 11.1 Å². The van der Waals surface area contributed by atoms with Gasteiger partial charge >= 0.3 is 0 Å². The van der Waals surface area contributed by atoms with E-state index < -0.39 is 69.2 Å². The van der Waals surface area contributed by atoms with Crippen LogP contribution in [0.2, 0.25) is 0 Å². The molecule has 0 saturated carbocycles. The van der Waals surface area contributed by atoms with Gasteiger partial charge in [-0.2, -0.15) is 8.42 Å². The average Bonchev–Trinajstić information content (AvgIpc) is 2.71. The molecule has 15 heteroatoms. The Bertz CT molecular complexity index is 1350. The SMILES string of the molecule is CCNc1c([N+](=O)[O-])ccc(-c2ccc(S(=O)(=O)CCO)cc2)c1S(=O)(=O)CCS(=O)(=O)O. The Morgan fingerprint density at radius 2 is 1.52 bits per heavy atom. The van der Waals surface area contributed by atoms with E-state index in [1.807, 2.05) is 0 Å². The molecule has 0 heterocycles. The second-order valence-corrected chi connectivity index (χ2v) is 12.5. The largest absolute Gasteiger partial charge is 0.395 e. The van der Waals surface area contributed by atoms with Crippen molar-refractivity contribution in [1.29, 1.82) is 0 Å². The van der Waals surface area contributed by atoms with Crippen LogP contribution in [0.1, 0.15) is 6.92 Å². The van der Waals surface area contributed by atoms with E-state index in [9.17, 15) is 35.4 Å². The van der Waals surface area contributed by atoms with Crippen LogP contribution >= 0.6 is 0 Å². The Morgan fingerprint density at radius 1 is 0.909 bits per heavy atom. The number of sulfone groups is 2. The van der Waals surface area contributed by atoms with Gasteiger partial charge in [-0.3, -0.25) is 14.7 Å². The molecule has 0 bridgehead atoms. The lowest BCUT2D eigenvalue weighted by Gasteiger charge is -2.17. The van der Waals surface area contributed by atoms with Crippen molar-refractivity contribution in [2.24, 2.45) is 0 Å². The zero-order chi connectivity index (χ0) is 25.0. The highest BCUT2D eigenvalue weighted by Crippen LogP contribution is 2.40. The summed E-state index contributed by atoms with van der Waals surface area (Å²) in [4.78, 5) is 10.0. The topological polar surface area (TPSA) is 198 Å². The predicted molar refractivity (Wildman–Crippen MR) is 120 cm³/mol. The lowest BCUT2D eigenvalue weighted by Crippen LogP contribution is -2.19. The Hall–Kier alpha value is -2.59. The summed E-state index contributed by atoms with van der Waals surface area (Å²) in [6, 6.07) is 7.22. The Labute approximate surface area is 191 Å². The zero-order valence-corrected chi connectivity index (χ0v) is 19.8. The molecule has 2 rings (SSSR count). The number of nitro benzene ring substituents is 1. The highest BCUT2D eigenvalue weighted by Gasteiger charge is 2.31. The molecule has 0 aliphatic rings. The van der Waals surface area contributed by atoms with E-state index in [-0.39, 0.29) is 28.3 Å². The molecular weight excluding hydrogens is 500 g/mol. The Morgan fingerprint density at radius 3 is 2.00 bits per heavy atom. The second kappa shape index (κ2) is 10.1. The third-order valence-electron chi connectivity index (χ3n) is 4.49. The van der Waals surface area contributed by atoms with Crippen molar-refractivity contribution >= 4 is 41.2 Å². The smallest absolute Gasteiger partial charge is 0.293 e. The minimum Gasteiger partial charge on any atom is -0.395 e. The summed E-state index contributed by atoms with van der Waals surface area (Å²) in [7, 11) is -12.9. The molecule has 0 aliphatic carbocycles. The first-order chi connectivity index (χ1) is 15.2. The summed E-state index contributed by atoms with van der Waals surface area (Å²) >= 11 is 0. The van der Waals surface area contributed by atoms with E-state index in [2.05, 4.69) is 5.32 Å². The molecule has 0 saturated heterocycles. The molecule has 0 radical (unpaired) electrons. The van der Waals surface area contributed by atoms with E-state index in [0.717, 1.165) is 12.1 Å². The summed E-state index contributed by atoms with van der Waals surface area (Å²) in [6.45, 7) is 1.09. The van der Waals surface area contributed by atoms with E-state index >= 15 is 0 Å². The molecule has 0 unspecified atom stereocenters. The van der Waals surface area contributed by atoms with Crippen molar-refractivity contribution in [3.63, 3.8) is 0 Å². The number of nitrogens with zero attached hydrogens (tertiary/aromatic N) is 1. The number of hydrogen-bond donors (Lipinski definition) is 3. The maximum atomic E-state index is 13.1. The quantitative estimate of drug-likeness (QED) is 0.217. The molecular formula is C18H22N2O10S3. The van der Waals surface area contributed by atoms with Gasteiger partial charge in [0.2, 0.25) is 0 Å². The van der Waals surface area contributed by atoms with Crippen LogP contribution < -0.4 is 5.32 Å². The van der Waals surface area contributed by atoms with Crippen molar-refractivity contribution in [1.82, 2.24) is 0 Å². The molecule has 0 aliphatic heterocycles. The van der Waals surface area contributed by atoms with Crippen LogP contribution in [0.15, 0.2) is 46.2 Å². The second-order valence-electron chi connectivity index (χ2n) is 6.80. The molecule has 2 aromatic rings. The van der Waals surface area contributed by atoms with Crippen molar-refractivity contribution in [2.75, 3.05) is 35.7 Å². The lowest BCUT2D eigenvalue weighted by atomic mass is 10.0. The summed E-state index contributed by atoms with van der Waals surface area (Å²) in [6.07, 6.45) is 0. The molecule has 182 valence electrons. The maximum Gasteiger partial charge on any atom is 0.293 e. The fourth-order valence-corrected chi connectivity index (χ4v) is 6.98. The van der Waals surface area contributed by atoms with Crippen LogP contribution in [-0.4, -0.2) is 70.2 Å². The van der Waals surface area contributed by atoms with Crippen LogP contribution in [0.4, 0.5) is 11.4 Å². The molecule has 3 N–H and O–H groups in total. The highest BCUT2D eigenvalue weighted by molar-refractivity contribution is 7.93. The van der Waals surface area contributed by atoms with E-state index in [1.54, 1.807) is 6.92 Å².